The van der Waals surface area contributed by atoms with Crippen LogP contribution in [0.3, 0.4) is 0 Å². The molecule has 0 bridgehead atoms. The largest absolute Gasteiger partial charge is 0.489 e. The number of carbonyl (C=O) groups excluding carboxylic acids is 2. The lowest BCUT2D eigenvalue weighted by molar-refractivity contribution is -0.142. The number of ether oxygens (including phenoxy) is 1. The number of likely N-dealkylation sites (N-methyl/N-ethyl adjacent to an activating group) is 1. The fourth-order valence-corrected chi connectivity index (χ4v) is 5.90. The molecule has 0 spiro atoms. The molecular formula is C29H30Cl2N4O5S. The Balaban J connectivity index is 1.32. The first-order valence-electron chi connectivity index (χ1n) is 12.9. The number of carboxylic acids is 1. The van der Waals surface area contributed by atoms with Gasteiger partial charge in [-0.3, -0.25) is 9.78 Å². The fourth-order valence-electron chi connectivity index (χ4n) is 4.24. The zero-order valence-electron chi connectivity index (χ0n) is 22.3. The molecule has 3 amide bonds. The van der Waals surface area contributed by atoms with Gasteiger partial charge in [-0.25, -0.2) is 9.59 Å². The Hall–Kier alpha value is -3.47. The molecule has 216 valence electrons. The molecule has 41 heavy (non-hydrogen) atoms. The third-order valence-corrected chi connectivity index (χ3v) is 8.33. The third-order valence-electron chi connectivity index (χ3n) is 6.61. The molecule has 0 radical (unpaired) electrons. The van der Waals surface area contributed by atoms with E-state index >= 15 is 0 Å². The summed E-state index contributed by atoms with van der Waals surface area (Å²) >= 11 is 13.8. The number of nitrogens with zero attached hydrogens (tertiary/aromatic N) is 3. The highest BCUT2D eigenvalue weighted by atomic mass is 35.5. The zero-order valence-corrected chi connectivity index (χ0v) is 24.7. The Morgan fingerprint density at radius 1 is 1.12 bits per heavy atom. The lowest BCUT2D eigenvalue weighted by Crippen LogP contribution is -2.54. The van der Waals surface area contributed by atoms with Crippen molar-refractivity contribution < 1.29 is 24.2 Å². The number of amides is 3. The van der Waals surface area contributed by atoms with Gasteiger partial charge in [-0.1, -0.05) is 47.5 Å². The second kappa shape index (κ2) is 14.4. The molecule has 1 saturated heterocycles. The Labute approximate surface area is 252 Å². The van der Waals surface area contributed by atoms with Gasteiger partial charge in [0, 0.05) is 59.7 Å². The number of thioether (sulfide) groups is 1. The first kappa shape index (κ1) is 30.5. The van der Waals surface area contributed by atoms with Crippen LogP contribution in [0.25, 0.3) is 0 Å². The maximum atomic E-state index is 13.1. The standard InChI is InChI=1S/C29H30Cl2N4O5S/c1-34(14-12-20-5-2-3-13-32-20)29(39)35-18-41-17-26(35)27(36)33-25(28(37)38)15-19-8-10-21(11-9-19)40-16-22-23(30)6-4-7-24(22)31/h2-11,13,25-26H,12,14-18H2,1H3,(H,33,36)(H,37,38)/t25-,26?/m0/s1. The highest BCUT2D eigenvalue weighted by molar-refractivity contribution is 7.99. The first-order valence-corrected chi connectivity index (χ1v) is 14.8. The predicted molar refractivity (Wildman–Crippen MR) is 159 cm³/mol. The van der Waals surface area contributed by atoms with E-state index in [1.165, 1.54) is 16.7 Å². The number of hydrogen-bond donors (Lipinski definition) is 2. The van der Waals surface area contributed by atoms with Crippen molar-refractivity contribution in [1.29, 1.82) is 0 Å². The number of halogens is 2. The summed E-state index contributed by atoms with van der Waals surface area (Å²) < 4.78 is 5.79. The first-order chi connectivity index (χ1) is 19.7. The summed E-state index contributed by atoms with van der Waals surface area (Å²) in [4.78, 5) is 45.6. The number of aromatic nitrogens is 1. The number of carboxylic acid groups (broad SMARTS) is 1. The number of hydrogen-bond acceptors (Lipinski definition) is 6. The number of rotatable bonds is 11. The van der Waals surface area contributed by atoms with Gasteiger partial charge in [0.1, 0.15) is 24.4 Å². The molecule has 2 atom stereocenters. The van der Waals surface area contributed by atoms with Crippen LogP contribution in [0.2, 0.25) is 10.0 Å². The number of pyridine rings is 1. The van der Waals surface area contributed by atoms with E-state index in [1.807, 2.05) is 18.2 Å². The van der Waals surface area contributed by atoms with Crippen LogP contribution in [0, 0.1) is 0 Å². The Bertz CT molecular complexity index is 1340. The van der Waals surface area contributed by atoms with E-state index in [0.29, 0.717) is 51.5 Å². The van der Waals surface area contributed by atoms with Gasteiger partial charge in [0.25, 0.3) is 0 Å². The van der Waals surface area contributed by atoms with E-state index < -0.39 is 24.0 Å². The van der Waals surface area contributed by atoms with Crippen LogP contribution < -0.4 is 10.1 Å². The normalized spacial score (nSPS) is 15.3. The molecule has 0 saturated carbocycles. The number of nitrogens with one attached hydrogen (secondary N) is 1. The van der Waals surface area contributed by atoms with Crippen molar-refractivity contribution in [2.75, 3.05) is 25.2 Å². The van der Waals surface area contributed by atoms with Crippen LogP contribution in [0.15, 0.2) is 66.9 Å². The van der Waals surface area contributed by atoms with E-state index in [2.05, 4.69) is 10.3 Å². The van der Waals surface area contributed by atoms with E-state index in [0.717, 1.165) is 5.69 Å². The summed E-state index contributed by atoms with van der Waals surface area (Å²) in [5.74, 6) is -0.360. The summed E-state index contributed by atoms with van der Waals surface area (Å²) in [7, 11) is 1.68. The molecule has 1 aliphatic rings. The van der Waals surface area contributed by atoms with Crippen LogP contribution in [0.5, 0.6) is 5.75 Å². The van der Waals surface area contributed by atoms with E-state index in [4.69, 9.17) is 27.9 Å². The lowest BCUT2D eigenvalue weighted by Gasteiger charge is -2.29. The fraction of sp³-hybridized carbons (Fsp3) is 0.310. The Morgan fingerprint density at radius 2 is 1.85 bits per heavy atom. The maximum Gasteiger partial charge on any atom is 0.326 e. The minimum atomic E-state index is -1.17. The Morgan fingerprint density at radius 3 is 2.51 bits per heavy atom. The van der Waals surface area contributed by atoms with Crippen LogP contribution in [-0.4, -0.2) is 75.1 Å². The van der Waals surface area contributed by atoms with Gasteiger partial charge in [0.05, 0.1) is 5.88 Å². The molecule has 9 nitrogen and oxygen atoms in total. The molecule has 2 aromatic carbocycles. The average Bonchev–Trinajstić information content (AvgIpc) is 3.46. The van der Waals surface area contributed by atoms with Gasteiger partial charge < -0.3 is 25.0 Å². The summed E-state index contributed by atoms with van der Waals surface area (Å²) in [6.45, 7) is 0.618. The van der Waals surface area contributed by atoms with Crippen molar-refractivity contribution in [2.24, 2.45) is 0 Å². The average molecular weight is 618 g/mol. The molecular weight excluding hydrogens is 587 g/mol. The second-order valence-corrected chi connectivity index (χ2v) is 11.3. The summed E-state index contributed by atoms with van der Waals surface area (Å²) in [5.41, 5.74) is 2.24. The Kier molecular flexibility index (Phi) is 10.7. The molecule has 1 aromatic heterocycles. The molecule has 2 heterocycles. The molecule has 2 N–H and O–H groups in total. The quantitative estimate of drug-likeness (QED) is 0.320. The summed E-state index contributed by atoms with van der Waals surface area (Å²) in [5, 5.41) is 13.5. The SMILES string of the molecule is CN(CCc1ccccn1)C(=O)N1CSCC1C(=O)N[C@@H](Cc1ccc(OCc2c(Cl)cccc2Cl)cc1)C(=O)O. The summed E-state index contributed by atoms with van der Waals surface area (Å²) in [6.07, 6.45) is 2.35. The van der Waals surface area contributed by atoms with Gasteiger partial charge in [-0.2, -0.15) is 0 Å². The molecule has 1 aliphatic heterocycles. The molecule has 1 unspecified atom stereocenters. The molecule has 12 heteroatoms. The van der Waals surface area contributed by atoms with E-state index in [-0.39, 0.29) is 19.1 Å². The van der Waals surface area contributed by atoms with Crippen molar-refractivity contribution in [1.82, 2.24) is 20.1 Å². The smallest absolute Gasteiger partial charge is 0.326 e. The minimum Gasteiger partial charge on any atom is -0.489 e. The van der Waals surface area contributed by atoms with Gasteiger partial charge in [0.15, 0.2) is 0 Å². The molecule has 1 fully saturated rings. The summed E-state index contributed by atoms with van der Waals surface area (Å²) in [6, 6.07) is 15.5. The van der Waals surface area contributed by atoms with E-state index in [9.17, 15) is 19.5 Å². The van der Waals surface area contributed by atoms with Crippen molar-refractivity contribution in [3.63, 3.8) is 0 Å². The van der Waals surface area contributed by atoms with Crippen LogP contribution in [0.4, 0.5) is 4.79 Å². The van der Waals surface area contributed by atoms with Crippen molar-refractivity contribution in [3.05, 3.63) is 93.7 Å². The number of urea groups is 1. The number of benzene rings is 2. The minimum absolute atomic E-state index is 0.0650. The van der Waals surface area contributed by atoms with Crippen LogP contribution in [-0.2, 0) is 29.0 Å². The monoisotopic (exact) mass is 616 g/mol. The van der Waals surface area contributed by atoms with Crippen LogP contribution in [0.1, 0.15) is 16.8 Å². The molecule has 0 aliphatic carbocycles. The highest BCUT2D eigenvalue weighted by Gasteiger charge is 2.37. The maximum absolute atomic E-state index is 13.1. The lowest BCUT2D eigenvalue weighted by atomic mass is 10.1. The van der Waals surface area contributed by atoms with Crippen molar-refractivity contribution >= 4 is 52.9 Å². The van der Waals surface area contributed by atoms with Crippen LogP contribution >= 0.6 is 35.0 Å². The topological polar surface area (TPSA) is 112 Å². The van der Waals surface area contributed by atoms with Gasteiger partial charge >= 0.3 is 12.0 Å². The van der Waals surface area contributed by atoms with E-state index in [1.54, 1.807) is 60.6 Å². The second-order valence-electron chi connectivity index (χ2n) is 9.50. The number of aliphatic carboxylic acids is 1. The number of carbonyl (C=O) groups is 3. The van der Waals surface area contributed by atoms with Crippen molar-refractivity contribution in [2.45, 2.75) is 31.5 Å². The van der Waals surface area contributed by atoms with Gasteiger partial charge in [-0.05, 0) is 42.0 Å². The van der Waals surface area contributed by atoms with Gasteiger partial charge in [0.2, 0.25) is 5.91 Å². The van der Waals surface area contributed by atoms with Crippen molar-refractivity contribution in [3.8, 4) is 5.75 Å². The van der Waals surface area contributed by atoms with Gasteiger partial charge in [-0.15, -0.1) is 11.8 Å². The zero-order chi connectivity index (χ0) is 29.4. The molecule has 3 aromatic rings. The third kappa shape index (κ3) is 8.28. The predicted octanol–water partition coefficient (Wildman–Crippen LogP) is 4.75. The molecule has 4 rings (SSSR count). The highest BCUT2D eigenvalue weighted by Crippen LogP contribution is 2.26.